The van der Waals surface area contributed by atoms with Gasteiger partial charge in [-0.1, -0.05) is 12.8 Å². The highest BCUT2D eigenvalue weighted by Crippen LogP contribution is 2.53. The molecule has 0 unspecified atom stereocenters. The Morgan fingerprint density at radius 2 is 1.85 bits per heavy atom. The topological polar surface area (TPSA) is 176 Å². The number of nitrogens with zero attached hydrogens (tertiary/aromatic N) is 2. The molecule has 3 aromatic heterocycles. The number of hydrogen-bond acceptors (Lipinski definition) is 11. The van der Waals surface area contributed by atoms with E-state index in [1.165, 1.54) is 6.07 Å². The van der Waals surface area contributed by atoms with Crippen molar-refractivity contribution in [2.24, 2.45) is 0 Å². The molecule has 1 aliphatic carbocycles. The number of aryl methyl sites for hydroxylation is 1. The van der Waals surface area contributed by atoms with E-state index in [4.69, 9.17) is 30.1 Å². The lowest BCUT2D eigenvalue weighted by atomic mass is 9.74. The van der Waals surface area contributed by atoms with E-state index in [1.807, 2.05) is 26.0 Å². The number of aromatic hydroxyl groups is 1. The van der Waals surface area contributed by atoms with Crippen LogP contribution >= 0.6 is 0 Å². The maximum atomic E-state index is 13.8. The molecule has 4 aromatic rings. The Balaban J connectivity index is 1.12. The summed E-state index contributed by atoms with van der Waals surface area (Å²) in [4.78, 5) is 35.1. The van der Waals surface area contributed by atoms with Crippen LogP contribution in [0.3, 0.4) is 0 Å². The molecule has 1 saturated carbocycles. The monoisotopic (exact) mass is 626 g/mol. The molecule has 3 aliphatic rings. The number of esters is 1. The van der Waals surface area contributed by atoms with E-state index in [0.717, 1.165) is 42.5 Å². The summed E-state index contributed by atoms with van der Waals surface area (Å²) >= 11 is 0. The summed E-state index contributed by atoms with van der Waals surface area (Å²) in [5, 5.41) is 11.2. The molecular formula is C35H38N4O7. The van der Waals surface area contributed by atoms with E-state index < -0.39 is 23.3 Å². The predicted octanol–water partition coefficient (Wildman–Crippen LogP) is 5.11. The Bertz CT molecular complexity index is 1950. The lowest BCUT2D eigenvalue weighted by Crippen LogP contribution is -2.50. The molecule has 11 nitrogen and oxygen atoms in total. The summed E-state index contributed by atoms with van der Waals surface area (Å²) in [7, 11) is 0. The molecule has 46 heavy (non-hydrogen) atoms. The number of anilines is 2. The number of carbonyl (C=O) groups excluding carboxylic acids is 1. The van der Waals surface area contributed by atoms with Gasteiger partial charge in [-0.25, -0.2) is 14.8 Å². The van der Waals surface area contributed by atoms with Gasteiger partial charge < -0.3 is 35.2 Å². The van der Waals surface area contributed by atoms with Crippen molar-refractivity contribution in [3.63, 3.8) is 0 Å². The zero-order chi connectivity index (χ0) is 32.6. The second-order valence-corrected chi connectivity index (χ2v) is 13.6. The normalized spacial score (nSPS) is 24.3. The lowest BCUT2D eigenvalue weighted by molar-refractivity contribution is -0.167. The molecule has 5 N–H and O–H groups in total. The molecule has 7 rings (SSSR count). The number of benzene rings is 1. The zero-order valence-corrected chi connectivity index (χ0v) is 26.4. The van der Waals surface area contributed by atoms with Gasteiger partial charge in [-0.2, -0.15) is 0 Å². The van der Waals surface area contributed by atoms with Crippen molar-refractivity contribution in [1.82, 2.24) is 9.97 Å². The Morgan fingerprint density at radius 3 is 2.59 bits per heavy atom. The highest BCUT2D eigenvalue weighted by Gasteiger charge is 2.63. The van der Waals surface area contributed by atoms with Gasteiger partial charge in [0.05, 0.1) is 11.8 Å². The second-order valence-electron chi connectivity index (χ2n) is 13.6. The van der Waals surface area contributed by atoms with Crippen LogP contribution in [0.15, 0.2) is 51.8 Å². The maximum Gasteiger partial charge on any atom is 0.341 e. The SMILES string of the molecule is Cc1cc(=O)c2c(O)c3c(cc2o1)OC(C)(C)[C@H](OC(=O)[C@@]1(C)O[C@@H]1CC1(c2cc(N)nc(-c4ccnc(N)c4)c2)CCCC1)C3. The molecule has 240 valence electrons. The van der Waals surface area contributed by atoms with Gasteiger partial charge in [0.1, 0.15) is 51.6 Å². The van der Waals surface area contributed by atoms with Crippen molar-refractivity contribution in [3.05, 3.63) is 69.7 Å². The van der Waals surface area contributed by atoms with Crippen LogP contribution in [0.2, 0.25) is 0 Å². The van der Waals surface area contributed by atoms with E-state index in [1.54, 1.807) is 32.2 Å². The minimum atomic E-state index is -1.14. The average molecular weight is 627 g/mol. The zero-order valence-electron chi connectivity index (χ0n) is 26.4. The first-order chi connectivity index (χ1) is 21.8. The van der Waals surface area contributed by atoms with Crippen LogP contribution in [0.25, 0.3) is 22.2 Å². The van der Waals surface area contributed by atoms with Gasteiger partial charge in [0.25, 0.3) is 0 Å². The van der Waals surface area contributed by atoms with Gasteiger partial charge in [-0.05, 0) is 82.2 Å². The fourth-order valence-electron chi connectivity index (χ4n) is 7.25. The summed E-state index contributed by atoms with van der Waals surface area (Å²) < 4.78 is 24.2. The number of fused-ring (bicyclic) bond motifs is 2. The van der Waals surface area contributed by atoms with E-state index in [9.17, 15) is 14.7 Å². The van der Waals surface area contributed by atoms with Crippen molar-refractivity contribution in [2.75, 3.05) is 11.5 Å². The standard InChI is InChI=1S/C35H38N4O7/c1-18-11-23(40)30-25(43-18)16-24-21(31(30)41)15-26(33(2,3)45-24)44-32(42)34(4)27(46-34)17-35(8-5-6-9-35)20-13-22(39-29(37)14-20)19-7-10-38-28(36)12-19/h7,10-14,16,26-27,41H,5-6,8-9,15,17H2,1-4H3,(H2,36,38)(H2,37,39)/t26-,27-,34+/m1/s1. The fraction of sp³-hybridized carbons (Fsp3) is 0.429. The van der Waals surface area contributed by atoms with Crippen molar-refractivity contribution in [2.45, 2.75) is 95.0 Å². The molecular weight excluding hydrogens is 588 g/mol. The molecule has 5 heterocycles. The first-order valence-corrected chi connectivity index (χ1v) is 15.7. The number of ether oxygens (including phenoxy) is 3. The second kappa shape index (κ2) is 10.4. The quantitative estimate of drug-likeness (QED) is 0.191. The van der Waals surface area contributed by atoms with Crippen LogP contribution in [0.4, 0.5) is 11.6 Å². The minimum absolute atomic E-state index is 0.0736. The van der Waals surface area contributed by atoms with Gasteiger partial charge in [-0.3, -0.25) is 4.79 Å². The van der Waals surface area contributed by atoms with Crippen LogP contribution in [0, 0.1) is 6.92 Å². The highest BCUT2D eigenvalue weighted by molar-refractivity contribution is 5.87. The third-order valence-electron chi connectivity index (χ3n) is 9.99. The van der Waals surface area contributed by atoms with Crippen molar-refractivity contribution >= 4 is 28.6 Å². The number of nitrogens with two attached hydrogens (primary N) is 2. The Kier molecular flexibility index (Phi) is 6.82. The molecule has 0 amide bonds. The summed E-state index contributed by atoms with van der Waals surface area (Å²) in [6.45, 7) is 7.08. The number of pyridine rings is 2. The van der Waals surface area contributed by atoms with Gasteiger partial charge in [0.2, 0.25) is 0 Å². The first-order valence-electron chi connectivity index (χ1n) is 15.7. The fourth-order valence-corrected chi connectivity index (χ4v) is 7.25. The molecule has 11 heteroatoms. The maximum absolute atomic E-state index is 13.8. The van der Waals surface area contributed by atoms with Crippen LogP contribution in [0.1, 0.15) is 69.8 Å². The van der Waals surface area contributed by atoms with Gasteiger partial charge in [-0.15, -0.1) is 0 Å². The summed E-state index contributed by atoms with van der Waals surface area (Å²) in [6, 6.07) is 10.6. The third-order valence-corrected chi connectivity index (χ3v) is 9.99. The number of phenols is 1. The number of nitrogen functional groups attached to an aromatic ring is 2. The van der Waals surface area contributed by atoms with Gasteiger partial charge in [0.15, 0.2) is 11.0 Å². The summed E-state index contributed by atoms with van der Waals surface area (Å²) in [5.41, 5.74) is 12.8. The van der Waals surface area contributed by atoms with Crippen LogP contribution in [-0.4, -0.2) is 44.5 Å². The smallest absolute Gasteiger partial charge is 0.341 e. The molecule has 0 radical (unpaired) electrons. The number of phenolic OH excluding ortho intramolecular Hbond substituents is 1. The average Bonchev–Trinajstić information content (AvgIpc) is 3.39. The number of carbonyl (C=O) groups is 1. The number of rotatable bonds is 6. The Labute approximate surface area is 265 Å². The van der Waals surface area contributed by atoms with E-state index in [0.29, 0.717) is 35.1 Å². The number of hydrogen-bond donors (Lipinski definition) is 3. The van der Waals surface area contributed by atoms with Crippen LogP contribution in [-0.2, 0) is 26.1 Å². The summed E-state index contributed by atoms with van der Waals surface area (Å²) in [5.74, 6) is 0.913. The largest absolute Gasteiger partial charge is 0.507 e. The summed E-state index contributed by atoms with van der Waals surface area (Å²) in [6.07, 6.45) is 5.29. The van der Waals surface area contributed by atoms with E-state index in [2.05, 4.69) is 16.0 Å². The molecule has 2 aliphatic heterocycles. The highest BCUT2D eigenvalue weighted by atomic mass is 16.7. The lowest BCUT2D eigenvalue weighted by Gasteiger charge is -2.39. The third kappa shape index (κ3) is 5.02. The van der Waals surface area contributed by atoms with Crippen molar-refractivity contribution in [1.29, 1.82) is 0 Å². The molecule has 2 fully saturated rings. The number of aromatic nitrogens is 2. The predicted molar refractivity (Wildman–Crippen MR) is 172 cm³/mol. The first kappa shape index (κ1) is 30.0. The molecule has 0 spiro atoms. The van der Waals surface area contributed by atoms with Gasteiger partial charge in [0, 0.05) is 35.9 Å². The number of epoxide rings is 1. The molecule has 1 saturated heterocycles. The van der Waals surface area contributed by atoms with Crippen LogP contribution in [0.5, 0.6) is 11.5 Å². The van der Waals surface area contributed by atoms with Gasteiger partial charge >= 0.3 is 5.97 Å². The molecule has 1 aromatic carbocycles. The Hall–Kier alpha value is -4.64. The molecule has 0 bridgehead atoms. The minimum Gasteiger partial charge on any atom is -0.507 e. The van der Waals surface area contributed by atoms with E-state index in [-0.39, 0.29) is 40.1 Å². The van der Waals surface area contributed by atoms with E-state index >= 15 is 0 Å². The molecule has 3 atom stereocenters. The Morgan fingerprint density at radius 1 is 1.09 bits per heavy atom. The van der Waals surface area contributed by atoms with Crippen LogP contribution < -0.4 is 21.6 Å². The van der Waals surface area contributed by atoms with Crippen molar-refractivity contribution < 1.29 is 28.5 Å². The van der Waals surface area contributed by atoms with Crippen molar-refractivity contribution in [3.8, 4) is 22.8 Å².